The minimum Gasteiger partial charge on any atom is -0.398 e. The number of aryl methyl sites for hydroxylation is 2. The van der Waals surface area contributed by atoms with Gasteiger partial charge in [-0.25, -0.2) is 4.68 Å². The highest BCUT2D eigenvalue weighted by molar-refractivity contribution is 9.10. The van der Waals surface area contributed by atoms with Crippen LogP contribution < -0.4 is 11.1 Å². The number of hydrogen-bond acceptors (Lipinski definition) is 5. The summed E-state index contributed by atoms with van der Waals surface area (Å²) in [5.41, 5.74) is 13.4. The predicted octanol–water partition coefficient (Wildman–Crippen LogP) is 11.3. The molecule has 1 amide bonds. The second-order valence-electron chi connectivity index (χ2n) is 10.7. The van der Waals surface area contributed by atoms with Gasteiger partial charge in [-0.05, 0) is 91.4 Å². The molecule has 4 N–H and O–H groups in total. The van der Waals surface area contributed by atoms with E-state index in [9.17, 15) is 9.59 Å². The molecule has 4 aromatic carbocycles. The summed E-state index contributed by atoms with van der Waals surface area (Å²) in [6, 6.07) is 24.0. The molecule has 0 bridgehead atoms. The highest BCUT2D eigenvalue weighted by Gasteiger charge is 2.24. The first-order valence-corrected chi connectivity index (χ1v) is 18.7. The Morgan fingerprint density at radius 1 is 0.800 bits per heavy atom. The van der Waals surface area contributed by atoms with E-state index in [1.54, 1.807) is 6.20 Å². The highest BCUT2D eigenvalue weighted by atomic mass is 79.9. The first kappa shape index (κ1) is 41.9. The van der Waals surface area contributed by atoms with Crippen LogP contribution in [0.4, 0.5) is 5.69 Å². The summed E-state index contributed by atoms with van der Waals surface area (Å²) in [4.78, 5) is 23.4. The van der Waals surface area contributed by atoms with Gasteiger partial charge in [-0.1, -0.05) is 104 Å². The number of carbonyl (C=O) groups excluding carboxylic acids is 2. The lowest BCUT2D eigenvalue weighted by molar-refractivity contribution is 0.0924. The van der Waals surface area contributed by atoms with Crippen LogP contribution in [0.5, 0.6) is 0 Å². The maximum Gasteiger partial charge on any atom is 0.251 e. The number of anilines is 1. The number of benzene rings is 4. The molecule has 0 unspecified atom stereocenters. The van der Waals surface area contributed by atoms with Crippen molar-refractivity contribution in [1.82, 2.24) is 25.3 Å². The molecular weight excluding hydrogens is 756 g/mol. The van der Waals surface area contributed by atoms with Crippen molar-refractivity contribution in [3.05, 3.63) is 111 Å². The van der Waals surface area contributed by atoms with Crippen molar-refractivity contribution in [2.75, 3.05) is 5.73 Å². The molecule has 1 fully saturated rings. The maximum absolute atomic E-state index is 12.2. The number of amides is 1. The predicted molar refractivity (Wildman–Crippen MR) is 218 cm³/mol. The van der Waals surface area contributed by atoms with Gasteiger partial charge in [0.2, 0.25) is 5.91 Å². The van der Waals surface area contributed by atoms with Crippen molar-refractivity contribution in [2.45, 2.75) is 81.2 Å². The lowest BCUT2D eigenvalue weighted by Crippen LogP contribution is -2.25. The molecule has 6 aromatic rings. The second kappa shape index (κ2) is 21.1. The number of nitrogen functional groups attached to an aromatic ring is 1. The fraction of sp³-hybridized carbons (Fsp3) is 0.300. The molecule has 2 aromatic heterocycles. The van der Waals surface area contributed by atoms with E-state index in [2.05, 4.69) is 71.5 Å². The number of hydrogen-bond donors (Lipinski definition) is 3. The molecule has 1 saturated carbocycles. The quantitative estimate of drug-likeness (QED) is 0.154. The lowest BCUT2D eigenvalue weighted by Gasteiger charge is -2.10. The number of aromatic amines is 1. The van der Waals surface area contributed by atoms with E-state index in [1.165, 1.54) is 11.6 Å². The number of fused-ring (bicyclic) bond motifs is 2. The maximum atomic E-state index is 12.2. The fourth-order valence-electron chi connectivity index (χ4n) is 4.53. The highest BCUT2D eigenvalue weighted by Crippen LogP contribution is 2.28. The van der Waals surface area contributed by atoms with Crippen molar-refractivity contribution in [1.29, 1.82) is 0 Å². The molecule has 0 spiro atoms. The van der Waals surface area contributed by atoms with Crippen LogP contribution in [0.1, 0.15) is 87.6 Å². The number of nitrogens with one attached hydrogen (secondary N) is 2. The van der Waals surface area contributed by atoms with Crippen molar-refractivity contribution in [3.8, 4) is 11.1 Å². The number of aromatic nitrogens is 4. The Kier molecular flexibility index (Phi) is 17.6. The van der Waals surface area contributed by atoms with Gasteiger partial charge in [0.15, 0.2) is 0 Å². The van der Waals surface area contributed by atoms with Gasteiger partial charge >= 0.3 is 0 Å². The molecule has 1 aliphatic carbocycles. The van der Waals surface area contributed by atoms with Crippen LogP contribution in [0.2, 0.25) is 0 Å². The lowest BCUT2D eigenvalue weighted by atomic mass is 9.97. The number of rotatable bonds is 3. The van der Waals surface area contributed by atoms with Gasteiger partial charge < -0.3 is 11.1 Å². The zero-order valence-electron chi connectivity index (χ0n) is 30.6. The van der Waals surface area contributed by atoms with E-state index in [-0.39, 0.29) is 11.8 Å². The van der Waals surface area contributed by atoms with Crippen molar-refractivity contribution >= 4 is 71.2 Å². The molecule has 50 heavy (non-hydrogen) atoms. The minimum atomic E-state index is -0.0758. The summed E-state index contributed by atoms with van der Waals surface area (Å²) >= 11 is 6.66. The smallest absolute Gasteiger partial charge is 0.251 e. The zero-order chi connectivity index (χ0) is 37.4. The van der Waals surface area contributed by atoms with Crippen LogP contribution in [0, 0.1) is 13.8 Å². The molecule has 0 saturated heterocycles. The van der Waals surface area contributed by atoms with Crippen LogP contribution >= 0.6 is 31.9 Å². The Labute approximate surface area is 313 Å². The van der Waals surface area contributed by atoms with Crippen molar-refractivity contribution in [2.24, 2.45) is 0 Å². The summed E-state index contributed by atoms with van der Waals surface area (Å²) in [6.45, 7) is 17.5. The van der Waals surface area contributed by atoms with Gasteiger partial charge in [-0.15, -0.1) is 0 Å². The topological polar surface area (TPSA) is 119 Å². The van der Waals surface area contributed by atoms with E-state index in [1.807, 2.05) is 115 Å². The monoisotopic (exact) mass is 804 g/mol. The zero-order valence-corrected chi connectivity index (χ0v) is 33.7. The summed E-state index contributed by atoms with van der Waals surface area (Å²) in [6.07, 6.45) is 5.69. The number of H-pyrrole nitrogens is 1. The average Bonchev–Trinajstić information content (AvgIpc) is 3.64. The molecule has 266 valence electrons. The third-order valence-corrected chi connectivity index (χ3v) is 8.22. The van der Waals surface area contributed by atoms with E-state index < -0.39 is 0 Å². The van der Waals surface area contributed by atoms with E-state index >= 15 is 0 Å². The third-order valence-electron chi connectivity index (χ3n) is 7.24. The van der Waals surface area contributed by atoms with Crippen LogP contribution in [0.25, 0.3) is 32.9 Å². The Morgan fingerprint density at radius 3 is 2.04 bits per heavy atom. The van der Waals surface area contributed by atoms with E-state index in [0.717, 1.165) is 77.1 Å². The van der Waals surface area contributed by atoms with Crippen LogP contribution in [-0.2, 0) is 0 Å². The van der Waals surface area contributed by atoms with Gasteiger partial charge in [0, 0.05) is 43.9 Å². The SMILES string of the molecule is CC.CC.CC.CC(=O)n1ncc2ccc(Br)cc21.Cc1ccc(Br)cc1N.Cc1ccc(C(=O)NC2CC2)cc1-c1ccc2cn[nH]c2c1. The van der Waals surface area contributed by atoms with Crippen LogP contribution in [0.15, 0.2) is 94.1 Å². The van der Waals surface area contributed by atoms with Gasteiger partial charge in [0.05, 0.1) is 23.4 Å². The summed E-state index contributed by atoms with van der Waals surface area (Å²) in [5, 5.41) is 16.1. The molecule has 10 heteroatoms. The third kappa shape index (κ3) is 11.9. The normalized spacial score (nSPS) is 11.1. The van der Waals surface area contributed by atoms with Gasteiger partial charge in [0.1, 0.15) is 0 Å². The van der Waals surface area contributed by atoms with Crippen molar-refractivity contribution in [3.63, 3.8) is 0 Å². The molecular formula is C40H50Br2N6O2. The van der Waals surface area contributed by atoms with Gasteiger partial charge in [0.25, 0.3) is 5.91 Å². The Bertz CT molecular complexity index is 1980. The van der Waals surface area contributed by atoms with E-state index in [0.29, 0.717) is 6.04 Å². The van der Waals surface area contributed by atoms with Gasteiger partial charge in [-0.3, -0.25) is 14.7 Å². The van der Waals surface area contributed by atoms with Crippen LogP contribution in [0.3, 0.4) is 0 Å². The average molecular weight is 807 g/mol. The Morgan fingerprint density at radius 2 is 1.42 bits per heavy atom. The first-order valence-electron chi connectivity index (χ1n) is 17.1. The largest absolute Gasteiger partial charge is 0.398 e. The molecule has 1 aliphatic rings. The summed E-state index contributed by atoms with van der Waals surface area (Å²) < 4.78 is 3.37. The first-order chi connectivity index (χ1) is 24.1. The number of halogens is 2. The Balaban J connectivity index is 0.000000264. The number of carbonyl (C=O) groups is 2. The molecule has 0 atom stereocenters. The molecule has 0 radical (unpaired) electrons. The molecule has 2 heterocycles. The summed E-state index contributed by atoms with van der Waals surface area (Å²) in [5.74, 6) is -0.0560. The molecule has 0 aliphatic heterocycles. The number of nitrogens with two attached hydrogens (primary N) is 1. The fourth-order valence-corrected chi connectivity index (χ4v) is 5.26. The van der Waals surface area contributed by atoms with Crippen LogP contribution in [-0.4, -0.2) is 37.8 Å². The Hall–Kier alpha value is -4.28. The van der Waals surface area contributed by atoms with Crippen molar-refractivity contribution < 1.29 is 9.59 Å². The van der Waals surface area contributed by atoms with Gasteiger partial charge in [-0.2, -0.15) is 10.2 Å². The molecule has 8 nitrogen and oxygen atoms in total. The minimum absolute atomic E-state index is 0.0198. The standard InChI is InChI=1S/C18H17N3O.C9H7BrN2O.C7H8BrN.3C2H6/c1-11-2-3-13(18(22)20-15-6-7-15)8-16(11)12-4-5-14-10-19-21-17(14)9-12;1-6(13)12-9-4-8(10)3-2-7(9)5-11-12;1-5-2-3-6(8)4-7(5)9;3*1-2/h2-5,8-10,15H,6-7H2,1H3,(H,19,21)(H,20,22);2-5H,1H3;2-4H,9H2,1H3;3*1-2H3. The molecule has 7 rings (SSSR count). The van der Waals surface area contributed by atoms with E-state index in [4.69, 9.17) is 5.73 Å². The summed E-state index contributed by atoms with van der Waals surface area (Å²) in [7, 11) is 0. The second-order valence-corrected chi connectivity index (χ2v) is 12.6. The number of nitrogens with zero attached hydrogens (tertiary/aromatic N) is 3.